The molecule has 2 unspecified atom stereocenters. The van der Waals surface area contributed by atoms with Crippen molar-refractivity contribution in [1.29, 1.82) is 0 Å². The molecule has 1 aromatic carbocycles. The Morgan fingerprint density at radius 1 is 1.15 bits per heavy atom. The smallest absolute Gasteiger partial charge is 0.247 e. The Labute approximate surface area is 127 Å². The first-order chi connectivity index (χ1) is 9.49. The molecule has 0 fully saturated rings. The Morgan fingerprint density at radius 3 is 2.10 bits per heavy atom. The summed E-state index contributed by atoms with van der Waals surface area (Å²) in [6.07, 6.45) is 5.42. The summed E-state index contributed by atoms with van der Waals surface area (Å²) in [6.45, 7) is 8.41. The molecule has 0 radical (unpaired) electrons. The highest BCUT2D eigenvalue weighted by atomic mass is 35.5. The zero-order valence-corrected chi connectivity index (χ0v) is 13.5. The Morgan fingerprint density at radius 2 is 1.65 bits per heavy atom. The second-order valence-electron chi connectivity index (χ2n) is 5.14. The summed E-state index contributed by atoms with van der Waals surface area (Å²) in [7, 11) is 0. The number of halogens is 1. The summed E-state index contributed by atoms with van der Waals surface area (Å²) in [5.74, 6) is 0.0728. The van der Waals surface area contributed by atoms with E-state index in [2.05, 4.69) is 27.7 Å². The van der Waals surface area contributed by atoms with Crippen LogP contribution < -0.4 is 0 Å². The maximum atomic E-state index is 12.4. The van der Waals surface area contributed by atoms with Crippen LogP contribution in [-0.4, -0.2) is 22.9 Å². The zero-order valence-electron chi connectivity index (χ0n) is 12.8. The van der Waals surface area contributed by atoms with Gasteiger partial charge in [-0.15, -0.1) is 0 Å². The van der Waals surface area contributed by atoms with Gasteiger partial charge in [0.2, 0.25) is 5.91 Å². The summed E-state index contributed by atoms with van der Waals surface area (Å²) in [6, 6.07) is 7.98. The average molecular weight is 294 g/mol. The molecular formula is C17H24ClNO. The van der Waals surface area contributed by atoms with E-state index >= 15 is 0 Å². The Hall–Kier alpha value is -1.28. The molecule has 110 valence electrons. The fraction of sp³-hybridized carbons (Fsp3) is 0.471. The van der Waals surface area contributed by atoms with Gasteiger partial charge in [0.25, 0.3) is 0 Å². The predicted octanol–water partition coefficient (Wildman–Crippen LogP) is 4.78. The molecule has 2 atom stereocenters. The van der Waals surface area contributed by atoms with Gasteiger partial charge in [-0.25, -0.2) is 0 Å². The van der Waals surface area contributed by atoms with Gasteiger partial charge >= 0.3 is 0 Å². The van der Waals surface area contributed by atoms with Crippen LogP contribution in [0.15, 0.2) is 30.3 Å². The largest absolute Gasteiger partial charge is 0.334 e. The number of hydrogen-bond donors (Lipinski definition) is 0. The van der Waals surface area contributed by atoms with E-state index in [1.165, 1.54) is 0 Å². The lowest BCUT2D eigenvalue weighted by Crippen LogP contribution is -2.43. The Balaban J connectivity index is 2.82. The van der Waals surface area contributed by atoms with E-state index in [1.54, 1.807) is 6.08 Å². The second-order valence-corrected chi connectivity index (χ2v) is 5.58. The van der Waals surface area contributed by atoms with Crippen LogP contribution in [0, 0.1) is 0 Å². The highest BCUT2D eigenvalue weighted by Crippen LogP contribution is 2.14. The van der Waals surface area contributed by atoms with Crippen LogP contribution >= 0.6 is 11.6 Å². The summed E-state index contributed by atoms with van der Waals surface area (Å²) < 4.78 is 0. The third-order valence-electron chi connectivity index (χ3n) is 3.67. The van der Waals surface area contributed by atoms with Crippen LogP contribution in [0.5, 0.6) is 0 Å². The molecule has 0 N–H and O–H groups in total. The van der Waals surface area contributed by atoms with Crippen LogP contribution in [0.25, 0.3) is 6.08 Å². The molecule has 1 amide bonds. The SMILES string of the molecule is CCC(C)N(C(=O)C=Cc1ccc(Cl)cc1)C(C)CC. The van der Waals surface area contributed by atoms with Gasteiger partial charge in [-0.05, 0) is 50.5 Å². The molecule has 0 spiro atoms. The zero-order chi connectivity index (χ0) is 15.1. The third kappa shape index (κ3) is 4.68. The van der Waals surface area contributed by atoms with E-state index < -0.39 is 0 Å². The van der Waals surface area contributed by atoms with Crippen molar-refractivity contribution in [3.8, 4) is 0 Å². The summed E-state index contributed by atoms with van der Waals surface area (Å²) in [5, 5.41) is 0.703. The van der Waals surface area contributed by atoms with Crippen molar-refractivity contribution in [2.45, 2.75) is 52.6 Å². The van der Waals surface area contributed by atoms with Crippen molar-refractivity contribution in [3.05, 3.63) is 40.9 Å². The van der Waals surface area contributed by atoms with Crippen LogP contribution in [-0.2, 0) is 4.79 Å². The first-order valence-electron chi connectivity index (χ1n) is 7.25. The number of nitrogens with zero attached hydrogens (tertiary/aromatic N) is 1. The van der Waals surface area contributed by atoms with Gasteiger partial charge in [-0.3, -0.25) is 4.79 Å². The lowest BCUT2D eigenvalue weighted by atomic mass is 10.1. The minimum atomic E-state index is 0.0728. The third-order valence-corrected chi connectivity index (χ3v) is 3.93. The van der Waals surface area contributed by atoms with Crippen LogP contribution in [0.3, 0.4) is 0 Å². The van der Waals surface area contributed by atoms with Crippen LogP contribution in [0.1, 0.15) is 46.1 Å². The molecule has 0 aliphatic rings. The van der Waals surface area contributed by atoms with Gasteiger partial charge in [-0.1, -0.05) is 37.6 Å². The molecule has 0 aliphatic heterocycles. The lowest BCUT2D eigenvalue weighted by Gasteiger charge is -2.33. The molecule has 20 heavy (non-hydrogen) atoms. The van der Waals surface area contributed by atoms with Crippen LogP contribution in [0.2, 0.25) is 5.02 Å². The van der Waals surface area contributed by atoms with Crippen LogP contribution in [0.4, 0.5) is 0 Å². The number of benzene rings is 1. The maximum absolute atomic E-state index is 12.4. The number of carbonyl (C=O) groups excluding carboxylic acids is 1. The molecular weight excluding hydrogens is 270 g/mol. The topological polar surface area (TPSA) is 20.3 Å². The van der Waals surface area contributed by atoms with Gasteiger partial charge < -0.3 is 4.90 Å². The van der Waals surface area contributed by atoms with Gasteiger partial charge in [0.05, 0.1) is 0 Å². The van der Waals surface area contributed by atoms with Crippen molar-refractivity contribution in [2.24, 2.45) is 0 Å². The molecule has 0 aromatic heterocycles. The predicted molar refractivity (Wildman–Crippen MR) is 86.8 cm³/mol. The van der Waals surface area contributed by atoms with E-state index in [-0.39, 0.29) is 18.0 Å². The molecule has 1 rings (SSSR count). The highest BCUT2D eigenvalue weighted by molar-refractivity contribution is 6.30. The fourth-order valence-corrected chi connectivity index (χ4v) is 2.22. The van der Waals surface area contributed by atoms with E-state index in [0.717, 1.165) is 18.4 Å². The molecule has 0 saturated carbocycles. The van der Waals surface area contributed by atoms with E-state index in [1.807, 2.05) is 35.2 Å². The average Bonchev–Trinajstić information content (AvgIpc) is 2.46. The first kappa shape index (κ1) is 16.8. The monoisotopic (exact) mass is 293 g/mol. The van der Waals surface area contributed by atoms with E-state index in [4.69, 9.17) is 11.6 Å². The molecule has 1 aromatic rings. The highest BCUT2D eigenvalue weighted by Gasteiger charge is 2.21. The Bertz CT molecular complexity index is 443. The number of hydrogen-bond acceptors (Lipinski definition) is 1. The van der Waals surface area contributed by atoms with E-state index in [9.17, 15) is 4.79 Å². The Kier molecular flexibility index (Phi) is 6.80. The summed E-state index contributed by atoms with van der Waals surface area (Å²) >= 11 is 5.85. The van der Waals surface area contributed by atoms with E-state index in [0.29, 0.717) is 5.02 Å². The lowest BCUT2D eigenvalue weighted by molar-refractivity contribution is -0.130. The number of rotatable bonds is 6. The molecule has 0 heterocycles. The number of amides is 1. The summed E-state index contributed by atoms with van der Waals surface area (Å²) in [4.78, 5) is 14.4. The van der Waals surface area contributed by atoms with Gasteiger partial charge in [-0.2, -0.15) is 0 Å². The normalized spacial score (nSPS) is 14.2. The van der Waals surface area contributed by atoms with Gasteiger partial charge in [0.1, 0.15) is 0 Å². The minimum Gasteiger partial charge on any atom is -0.334 e. The van der Waals surface area contributed by atoms with Gasteiger partial charge in [0, 0.05) is 23.2 Å². The minimum absolute atomic E-state index is 0.0728. The summed E-state index contributed by atoms with van der Waals surface area (Å²) in [5.41, 5.74) is 0.982. The molecule has 2 nitrogen and oxygen atoms in total. The first-order valence-corrected chi connectivity index (χ1v) is 7.63. The number of carbonyl (C=O) groups is 1. The second kappa shape index (κ2) is 8.11. The molecule has 0 saturated heterocycles. The molecule has 0 aliphatic carbocycles. The van der Waals surface area contributed by atoms with Gasteiger partial charge in [0.15, 0.2) is 0 Å². The molecule has 0 bridgehead atoms. The van der Waals surface area contributed by atoms with Crippen molar-refractivity contribution < 1.29 is 4.79 Å². The van der Waals surface area contributed by atoms with Crippen molar-refractivity contribution >= 4 is 23.6 Å². The quantitative estimate of drug-likeness (QED) is 0.691. The fourth-order valence-electron chi connectivity index (χ4n) is 2.09. The molecule has 3 heteroatoms. The van der Waals surface area contributed by atoms with Crippen molar-refractivity contribution in [1.82, 2.24) is 4.90 Å². The maximum Gasteiger partial charge on any atom is 0.247 e. The van der Waals surface area contributed by atoms with Crippen molar-refractivity contribution in [2.75, 3.05) is 0 Å². The van der Waals surface area contributed by atoms with Crippen molar-refractivity contribution in [3.63, 3.8) is 0 Å². The standard InChI is InChI=1S/C17H24ClNO/c1-5-13(3)19(14(4)6-2)17(20)12-9-15-7-10-16(18)11-8-15/h7-14H,5-6H2,1-4H3.